The van der Waals surface area contributed by atoms with Crippen LogP contribution in [0.5, 0.6) is 0 Å². The topological polar surface area (TPSA) is 12.0 Å². The zero-order valence-corrected chi connectivity index (χ0v) is 13.0. The van der Waals surface area contributed by atoms with Crippen molar-refractivity contribution >= 4 is 0 Å². The Labute approximate surface area is 118 Å². The molecule has 106 valence electrons. The monoisotopic (exact) mass is 259 g/mol. The van der Waals surface area contributed by atoms with Crippen molar-refractivity contribution in [1.29, 1.82) is 0 Å². The average Bonchev–Trinajstić information content (AvgIpc) is 2.88. The van der Waals surface area contributed by atoms with Crippen LogP contribution in [0.2, 0.25) is 0 Å². The molecule has 1 aliphatic rings. The van der Waals surface area contributed by atoms with Crippen molar-refractivity contribution < 1.29 is 0 Å². The van der Waals surface area contributed by atoms with E-state index in [1.165, 1.54) is 36.8 Å². The minimum absolute atomic E-state index is 0.225. The van der Waals surface area contributed by atoms with Gasteiger partial charge in [-0.3, -0.25) is 0 Å². The lowest BCUT2D eigenvalue weighted by atomic mass is 9.79. The van der Waals surface area contributed by atoms with Crippen molar-refractivity contribution in [2.45, 2.75) is 64.8 Å². The molecule has 0 aromatic heterocycles. The van der Waals surface area contributed by atoms with E-state index in [-0.39, 0.29) is 5.41 Å². The molecule has 1 aromatic carbocycles. The number of rotatable bonds is 4. The first kappa shape index (κ1) is 14.6. The molecule has 1 fully saturated rings. The summed E-state index contributed by atoms with van der Waals surface area (Å²) in [5.74, 6) is 0.823. The highest BCUT2D eigenvalue weighted by Crippen LogP contribution is 2.39. The fourth-order valence-corrected chi connectivity index (χ4v) is 3.49. The van der Waals surface area contributed by atoms with Crippen molar-refractivity contribution in [3.63, 3.8) is 0 Å². The van der Waals surface area contributed by atoms with Gasteiger partial charge >= 0.3 is 0 Å². The molecule has 1 unspecified atom stereocenters. The van der Waals surface area contributed by atoms with E-state index in [9.17, 15) is 0 Å². The summed E-state index contributed by atoms with van der Waals surface area (Å²) < 4.78 is 0. The number of hydrogen-bond acceptors (Lipinski definition) is 1. The van der Waals surface area contributed by atoms with Gasteiger partial charge in [0.2, 0.25) is 0 Å². The highest BCUT2D eigenvalue weighted by molar-refractivity contribution is 5.35. The molecule has 0 aliphatic heterocycles. The highest BCUT2D eigenvalue weighted by Gasteiger charge is 2.29. The van der Waals surface area contributed by atoms with E-state index in [0.29, 0.717) is 6.04 Å². The van der Waals surface area contributed by atoms with Crippen molar-refractivity contribution in [1.82, 2.24) is 5.32 Å². The van der Waals surface area contributed by atoms with E-state index in [1.807, 2.05) is 0 Å². The fourth-order valence-electron chi connectivity index (χ4n) is 3.49. The van der Waals surface area contributed by atoms with Gasteiger partial charge in [0, 0.05) is 6.04 Å². The van der Waals surface area contributed by atoms with Gasteiger partial charge in [0.15, 0.2) is 0 Å². The van der Waals surface area contributed by atoms with Gasteiger partial charge in [0.05, 0.1) is 0 Å². The summed E-state index contributed by atoms with van der Waals surface area (Å²) >= 11 is 0. The number of hydrogen-bond donors (Lipinski definition) is 1. The molecule has 1 aromatic rings. The summed E-state index contributed by atoms with van der Waals surface area (Å²) in [5.41, 5.74) is 3.26. The predicted molar refractivity (Wildman–Crippen MR) is 83.5 cm³/mol. The quantitative estimate of drug-likeness (QED) is 0.817. The first-order valence-electron chi connectivity index (χ1n) is 7.87. The summed E-state index contributed by atoms with van der Waals surface area (Å²) in [5, 5.41) is 3.75. The third-order valence-electron chi connectivity index (χ3n) is 4.40. The number of nitrogens with one attached hydrogen (secondary N) is 1. The summed E-state index contributed by atoms with van der Waals surface area (Å²) in [4.78, 5) is 0. The molecule has 1 atom stereocenters. The summed E-state index contributed by atoms with van der Waals surface area (Å²) in [6, 6.07) is 9.58. The standard InChI is InChI=1S/C18H29N/c1-5-19-17(14-10-6-7-11-14)15-12-8-9-13-16(15)18(2,3)4/h8-9,12-14,17,19H,5-7,10-11H2,1-4H3. The molecule has 0 heterocycles. The van der Waals surface area contributed by atoms with Gasteiger partial charge in [-0.25, -0.2) is 0 Å². The molecule has 0 radical (unpaired) electrons. The van der Waals surface area contributed by atoms with Gasteiger partial charge in [-0.15, -0.1) is 0 Å². The first-order chi connectivity index (χ1) is 9.04. The molecule has 2 rings (SSSR count). The zero-order valence-electron chi connectivity index (χ0n) is 13.0. The Hall–Kier alpha value is -0.820. The van der Waals surface area contributed by atoms with Crippen LogP contribution < -0.4 is 5.32 Å². The molecule has 0 bridgehead atoms. The van der Waals surface area contributed by atoms with Crippen molar-refractivity contribution in [2.24, 2.45) is 5.92 Å². The maximum absolute atomic E-state index is 3.75. The zero-order chi connectivity index (χ0) is 13.9. The Morgan fingerprint density at radius 3 is 2.37 bits per heavy atom. The fraction of sp³-hybridized carbons (Fsp3) is 0.667. The molecule has 19 heavy (non-hydrogen) atoms. The van der Waals surface area contributed by atoms with Gasteiger partial charge < -0.3 is 5.32 Å². The van der Waals surface area contributed by atoms with E-state index >= 15 is 0 Å². The Morgan fingerprint density at radius 1 is 1.16 bits per heavy atom. The minimum Gasteiger partial charge on any atom is -0.310 e. The lowest BCUT2D eigenvalue weighted by Gasteiger charge is -2.31. The van der Waals surface area contributed by atoms with E-state index in [4.69, 9.17) is 0 Å². The van der Waals surface area contributed by atoms with Crippen LogP contribution in [-0.4, -0.2) is 6.54 Å². The van der Waals surface area contributed by atoms with Crippen LogP contribution in [0, 0.1) is 5.92 Å². The SMILES string of the molecule is CCNC(c1ccccc1C(C)(C)C)C1CCCC1. The van der Waals surface area contributed by atoms with Crippen molar-refractivity contribution in [3.05, 3.63) is 35.4 Å². The molecule has 0 spiro atoms. The molecule has 0 saturated heterocycles. The smallest absolute Gasteiger partial charge is 0.0351 e. The maximum Gasteiger partial charge on any atom is 0.0351 e. The molecular formula is C18H29N. The third-order valence-corrected chi connectivity index (χ3v) is 4.40. The van der Waals surface area contributed by atoms with Crippen molar-refractivity contribution in [2.75, 3.05) is 6.54 Å². The van der Waals surface area contributed by atoms with E-state index in [2.05, 4.69) is 57.3 Å². The summed E-state index contributed by atoms with van der Waals surface area (Å²) in [7, 11) is 0. The maximum atomic E-state index is 3.75. The second-order valence-electron chi connectivity index (χ2n) is 6.92. The van der Waals surface area contributed by atoms with Gasteiger partial charge in [0.25, 0.3) is 0 Å². The van der Waals surface area contributed by atoms with Crippen LogP contribution in [-0.2, 0) is 5.41 Å². The minimum atomic E-state index is 0.225. The Morgan fingerprint density at radius 2 is 1.79 bits per heavy atom. The highest BCUT2D eigenvalue weighted by atomic mass is 14.9. The predicted octanol–water partition coefficient (Wildman–Crippen LogP) is 4.82. The van der Waals surface area contributed by atoms with Gasteiger partial charge in [-0.2, -0.15) is 0 Å². The normalized spacial score (nSPS) is 18.7. The van der Waals surface area contributed by atoms with Crippen LogP contribution in [0.4, 0.5) is 0 Å². The number of benzene rings is 1. The summed E-state index contributed by atoms with van der Waals surface area (Å²) in [6.07, 6.45) is 5.58. The second-order valence-corrected chi connectivity index (χ2v) is 6.92. The van der Waals surface area contributed by atoms with Crippen molar-refractivity contribution in [3.8, 4) is 0 Å². The first-order valence-corrected chi connectivity index (χ1v) is 7.87. The van der Waals surface area contributed by atoms with Crippen LogP contribution in [0.25, 0.3) is 0 Å². The largest absolute Gasteiger partial charge is 0.310 e. The Kier molecular flexibility index (Phi) is 4.67. The second kappa shape index (κ2) is 6.09. The average molecular weight is 259 g/mol. The molecule has 1 N–H and O–H groups in total. The van der Waals surface area contributed by atoms with Crippen LogP contribution in [0.1, 0.15) is 70.5 Å². The van der Waals surface area contributed by atoms with E-state index < -0.39 is 0 Å². The molecule has 0 amide bonds. The van der Waals surface area contributed by atoms with Crippen LogP contribution >= 0.6 is 0 Å². The van der Waals surface area contributed by atoms with E-state index in [1.54, 1.807) is 0 Å². The van der Waals surface area contributed by atoms with Gasteiger partial charge in [-0.05, 0) is 41.8 Å². The van der Waals surface area contributed by atoms with Crippen LogP contribution in [0.15, 0.2) is 24.3 Å². The summed E-state index contributed by atoms with van der Waals surface area (Å²) in [6.45, 7) is 10.2. The molecule has 1 heteroatoms. The van der Waals surface area contributed by atoms with E-state index in [0.717, 1.165) is 12.5 Å². The molecular weight excluding hydrogens is 230 g/mol. The van der Waals surface area contributed by atoms with Gasteiger partial charge in [0.1, 0.15) is 0 Å². The molecule has 1 saturated carbocycles. The lowest BCUT2D eigenvalue weighted by Crippen LogP contribution is -2.29. The molecule has 1 nitrogen and oxygen atoms in total. The van der Waals surface area contributed by atoms with Crippen LogP contribution in [0.3, 0.4) is 0 Å². The molecule has 1 aliphatic carbocycles. The Bertz CT molecular complexity index is 396. The Balaban J connectivity index is 2.35. The lowest BCUT2D eigenvalue weighted by molar-refractivity contribution is 0.368. The third kappa shape index (κ3) is 3.39. The van der Waals surface area contributed by atoms with Gasteiger partial charge in [-0.1, -0.05) is 64.8 Å².